The quantitative estimate of drug-likeness (QED) is 0.292. The van der Waals surface area contributed by atoms with Gasteiger partial charge in [0, 0.05) is 33.4 Å². The highest BCUT2D eigenvalue weighted by atomic mass is 127. The number of benzene rings is 2. The van der Waals surface area contributed by atoms with E-state index in [9.17, 15) is 0 Å². The van der Waals surface area contributed by atoms with Crippen molar-refractivity contribution in [3.63, 3.8) is 0 Å². The number of rotatable bonds is 7. The fourth-order valence-electron chi connectivity index (χ4n) is 2.17. The number of aliphatic imine (C=N–C) groups is 1. The third kappa shape index (κ3) is 7.64. The Labute approximate surface area is 167 Å². The molecule has 0 unspecified atom stereocenters. The molecule has 0 aliphatic heterocycles. The second-order valence-electron chi connectivity index (χ2n) is 5.57. The first kappa shape index (κ1) is 21.1. The minimum atomic E-state index is 0. The van der Waals surface area contributed by atoms with Crippen LogP contribution in [-0.4, -0.2) is 40.3 Å². The van der Waals surface area contributed by atoms with E-state index in [0.29, 0.717) is 13.2 Å². The molecule has 0 heterocycles. The van der Waals surface area contributed by atoms with E-state index in [-0.39, 0.29) is 24.0 Å². The Hall–Kier alpha value is -1.96. The Morgan fingerprint density at radius 2 is 1.68 bits per heavy atom. The monoisotopic (exact) mass is 454 g/mol. The summed E-state index contributed by atoms with van der Waals surface area (Å²) in [5.41, 5.74) is 2.41. The summed E-state index contributed by atoms with van der Waals surface area (Å²) >= 11 is 0. The van der Waals surface area contributed by atoms with E-state index < -0.39 is 0 Å². The van der Waals surface area contributed by atoms with Crippen molar-refractivity contribution < 1.29 is 4.74 Å². The number of hydrogen-bond donors (Lipinski definition) is 2. The van der Waals surface area contributed by atoms with Crippen LogP contribution in [0.1, 0.15) is 5.56 Å². The van der Waals surface area contributed by atoms with Gasteiger partial charge in [0.15, 0.2) is 5.96 Å². The zero-order valence-corrected chi connectivity index (χ0v) is 17.4. The van der Waals surface area contributed by atoms with Crippen LogP contribution in [0.4, 0.5) is 5.69 Å². The highest BCUT2D eigenvalue weighted by Crippen LogP contribution is 2.11. The third-order valence-corrected chi connectivity index (χ3v) is 3.54. The van der Waals surface area contributed by atoms with Gasteiger partial charge in [-0.2, -0.15) is 0 Å². The first-order valence-corrected chi connectivity index (χ1v) is 8.07. The molecular formula is C19H27IN4O. The first-order valence-electron chi connectivity index (χ1n) is 8.07. The van der Waals surface area contributed by atoms with Crippen LogP contribution in [0.3, 0.4) is 0 Å². The Bertz CT molecular complexity index is 630. The molecule has 0 atom stereocenters. The molecular weight excluding hydrogens is 427 g/mol. The number of halogens is 1. The van der Waals surface area contributed by atoms with Gasteiger partial charge < -0.3 is 20.3 Å². The fraction of sp³-hybridized carbons (Fsp3) is 0.316. The molecule has 2 aromatic carbocycles. The summed E-state index contributed by atoms with van der Waals surface area (Å²) in [5.74, 6) is 1.64. The molecule has 0 spiro atoms. The summed E-state index contributed by atoms with van der Waals surface area (Å²) in [7, 11) is 5.84. The molecule has 0 bridgehead atoms. The maximum absolute atomic E-state index is 5.65. The van der Waals surface area contributed by atoms with Crippen LogP contribution in [0.5, 0.6) is 5.75 Å². The molecule has 136 valence electrons. The molecule has 0 aliphatic rings. The number of anilines is 1. The normalized spacial score (nSPS) is 10.6. The fourth-order valence-corrected chi connectivity index (χ4v) is 2.17. The second-order valence-corrected chi connectivity index (χ2v) is 5.57. The van der Waals surface area contributed by atoms with Gasteiger partial charge in [0.05, 0.1) is 6.54 Å². The number of para-hydroxylation sites is 1. The molecule has 0 aromatic heterocycles. The van der Waals surface area contributed by atoms with Gasteiger partial charge in [-0.3, -0.25) is 4.99 Å². The van der Waals surface area contributed by atoms with Gasteiger partial charge in [-0.15, -0.1) is 24.0 Å². The SMILES string of the molecule is CN=C(NCCOc1ccccc1)NCc1ccc(N(C)C)cc1.I. The van der Waals surface area contributed by atoms with Crippen LogP contribution in [0.15, 0.2) is 59.6 Å². The van der Waals surface area contributed by atoms with Gasteiger partial charge in [0.25, 0.3) is 0 Å². The number of guanidine groups is 1. The summed E-state index contributed by atoms with van der Waals surface area (Å²) in [6.07, 6.45) is 0. The van der Waals surface area contributed by atoms with Crippen LogP contribution in [0.25, 0.3) is 0 Å². The molecule has 0 fully saturated rings. The molecule has 0 amide bonds. The van der Waals surface area contributed by atoms with E-state index in [0.717, 1.165) is 18.3 Å². The topological polar surface area (TPSA) is 48.9 Å². The Kier molecular flexibility index (Phi) is 9.76. The van der Waals surface area contributed by atoms with Crippen molar-refractivity contribution in [1.29, 1.82) is 0 Å². The zero-order valence-electron chi connectivity index (χ0n) is 15.0. The van der Waals surface area contributed by atoms with Gasteiger partial charge in [-0.25, -0.2) is 0 Å². The van der Waals surface area contributed by atoms with Crippen LogP contribution in [-0.2, 0) is 6.54 Å². The predicted molar refractivity (Wildman–Crippen MR) is 116 cm³/mol. The lowest BCUT2D eigenvalue weighted by atomic mass is 10.2. The summed E-state index contributed by atoms with van der Waals surface area (Å²) < 4.78 is 5.65. The average molecular weight is 454 g/mol. The van der Waals surface area contributed by atoms with Gasteiger partial charge in [-0.1, -0.05) is 30.3 Å². The molecule has 0 radical (unpaired) electrons. The van der Waals surface area contributed by atoms with Gasteiger partial charge >= 0.3 is 0 Å². The molecule has 2 rings (SSSR count). The number of nitrogens with zero attached hydrogens (tertiary/aromatic N) is 2. The zero-order chi connectivity index (χ0) is 17.2. The van der Waals surface area contributed by atoms with Crippen molar-refractivity contribution in [1.82, 2.24) is 10.6 Å². The third-order valence-electron chi connectivity index (χ3n) is 3.54. The maximum Gasteiger partial charge on any atom is 0.191 e. The van der Waals surface area contributed by atoms with E-state index in [1.54, 1.807) is 7.05 Å². The lowest BCUT2D eigenvalue weighted by Gasteiger charge is -2.14. The van der Waals surface area contributed by atoms with Crippen LogP contribution >= 0.6 is 24.0 Å². The highest BCUT2D eigenvalue weighted by Gasteiger charge is 2.00. The standard InChI is InChI=1S/C19H26N4O.HI/c1-20-19(21-13-14-24-18-7-5-4-6-8-18)22-15-16-9-11-17(12-10-16)23(2)3;/h4-12H,13-15H2,1-3H3,(H2,20,21,22);1H. The van der Waals surface area contributed by atoms with Gasteiger partial charge in [0.1, 0.15) is 12.4 Å². The molecule has 25 heavy (non-hydrogen) atoms. The van der Waals surface area contributed by atoms with E-state index in [1.807, 2.05) is 44.4 Å². The Morgan fingerprint density at radius 3 is 2.28 bits per heavy atom. The lowest BCUT2D eigenvalue weighted by molar-refractivity contribution is 0.322. The largest absolute Gasteiger partial charge is 0.492 e. The minimum Gasteiger partial charge on any atom is -0.492 e. The average Bonchev–Trinajstić information content (AvgIpc) is 2.62. The lowest BCUT2D eigenvalue weighted by Crippen LogP contribution is -2.38. The van der Waals surface area contributed by atoms with E-state index in [2.05, 4.69) is 44.8 Å². The highest BCUT2D eigenvalue weighted by molar-refractivity contribution is 14.0. The number of hydrogen-bond acceptors (Lipinski definition) is 3. The first-order chi connectivity index (χ1) is 11.7. The smallest absolute Gasteiger partial charge is 0.191 e. The van der Waals surface area contributed by atoms with Gasteiger partial charge in [-0.05, 0) is 29.8 Å². The molecule has 0 aliphatic carbocycles. The molecule has 2 N–H and O–H groups in total. The van der Waals surface area contributed by atoms with Crippen LogP contribution < -0.4 is 20.3 Å². The predicted octanol–water partition coefficient (Wildman–Crippen LogP) is 3.11. The molecule has 0 saturated heterocycles. The second kappa shape index (κ2) is 11.6. The van der Waals surface area contributed by atoms with E-state index in [4.69, 9.17) is 4.74 Å². The summed E-state index contributed by atoms with van der Waals surface area (Å²) in [4.78, 5) is 6.31. The maximum atomic E-state index is 5.65. The minimum absolute atomic E-state index is 0. The van der Waals surface area contributed by atoms with E-state index >= 15 is 0 Å². The molecule has 5 nitrogen and oxygen atoms in total. The molecule has 6 heteroatoms. The van der Waals surface area contributed by atoms with E-state index in [1.165, 1.54) is 11.3 Å². The molecule has 2 aromatic rings. The summed E-state index contributed by atoms with van der Waals surface area (Å²) in [6.45, 7) is 2.00. The van der Waals surface area contributed by atoms with Crippen molar-refractivity contribution in [2.45, 2.75) is 6.54 Å². The number of ether oxygens (including phenoxy) is 1. The molecule has 0 saturated carbocycles. The van der Waals surface area contributed by atoms with Crippen molar-refractivity contribution in [3.8, 4) is 5.75 Å². The number of nitrogens with one attached hydrogen (secondary N) is 2. The van der Waals surface area contributed by atoms with Crippen molar-refractivity contribution in [2.75, 3.05) is 39.2 Å². The van der Waals surface area contributed by atoms with Crippen molar-refractivity contribution in [2.24, 2.45) is 4.99 Å². The van der Waals surface area contributed by atoms with Crippen LogP contribution in [0.2, 0.25) is 0 Å². The van der Waals surface area contributed by atoms with Crippen LogP contribution in [0, 0.1) is 0 Å². The summed E-state index contributed by atoms with van der Waals surface area (Å²) in [6, 6.07) is 18.3. The summed E-state index contributed by atoms with van der Waals surface area (Å²) in [5, 5.41) is 6.55. The van der Waals surface area contributed by atoms with Gasteiger partial charge in [0.2, 0.25) is 0 Å². The Morgan fingerprint density at radius 1 is 1.00 bits per heavy atom. The van der Waals surface area contributed by atoms with Crippen molar-refractivity contribution >= 4 is 35.6 Å². The van der Waals surface area contributed by atoms with Crippen molar-refractivity contribution in [3.05, 3.63) is 60.2 Å². The Balaban J connectivity index is 0.00000312.